The second-order valence-corrected chi connectivity index (χ2v) is 4.51. The monoisotopic (exact) mass is 246 g/mol. The van der Waals surface area contributed by atoms with Gasteiger partial charge in [0.25, 0.3) is 0 Å². The molecule has 2 aromatic rings. The Labute approximate surface area is 105 Å². The van der Waals surface area contributed by atoms with E-state index < -0.39 is 0 Å². The molecular weight excluding hydrogens is 231 g/mol. The normalized spacial score (nSPS) is 19.9. The highest BCUT2D eigenvalue weighted by atomic mass is 19.1. The van der Waals surface area contributed by atoms with Crippen LogP contribution in [0.2, 0.25) is 0 Å². The van der Waals surface area contributed by atoms with Crippen LogP contribution in [0.5, 0.6) is 0 Å². The number of rotatable bonds is 2. The molecule has 1 fully saturated rings. The van der Waals surface area contributed by atoms with Crippen LogP contribution in [0.3, 0.4) is 0 Å². The van der Waals surface area contributed by atoms with Crippen LogP contribution < -0.4 is 0 Å². The van der Waals surface area contributed by atoms with Gasteiger partial charge in [0, 0.05) is 18.4 Å². The van der Waals surface area contributed by atoms with Crippen molar-refractivity contribution in [1.29, 1.82) is 0 Å². The van der Waals surface area contributed by atoms with Gasteiger partial charge in [-0.3, -0.25) is 0 Å². The van der Waals surface area contributed by atoms with E-state index in [9.17, 15) is 4.39 Å². The molecular formula is C14H15FN2O. The van der Waals surface area contributed by atoms with Crippen LogP contribution >= 0.6 is 0 Å². The number of ether oxygens (including phenoxy) is 1. The van der Waals surface area contributed by atoms with E-state index in [0.717, 1.165) is 30.7 Å². The lowest BCUT2D eigenvalue weighted by Gasteiger charge is -2.22. The molecule has 1 aliphatic heterocycles. The summed E-state index contributed by atoms with van der Waals surface area (Å²) in [6.07, 6.45) is 5.28. The number of hydrogen-bond donors (Lipinski definition) is 0. The van der Waals surface area contributed by atoms with E-state index in [1.54, 1.807) is 12.1 Å². The summed E-state index contributed by atoms with van der Waals surface area (Å²) < 4.78 is 20.4. The molecule has 2 heterocycles. The molecule has 1 aromatic carbocycles. The minimum absolute atomic E-state index is 0.0490. The molecule has 1 unspecified atom stereocenters. The zero-order chi connectivity index (χ0) is 12.4. The van der Waals surface area contributed by atoms with Crippen molar-refractivity contribution >= 4 is 0 Å². The van der Waals surface area contributed by atoms with E-state index in [-0.39, 0.29) is 12.0 Å². The van der Waals surface area contributed by atoms with Crippen molar-refractivity contribution in [1.82, 2.24) is 9.78 Å². The van der Waals surface area contributed by atoms with E-state index >= 15 is 0 Å². The molecule has 1 saturated heterocycles. The number of hydrogen-bond acceptors (Lipinski definition) is 2. The molecule has 1 aliphatic rings. The van der Waals surface area contributed by atoms with Crippen molar-refractivity contribution < 1.29 is 9.13 Å². The van der Waals surface area contributed by atoms with Gasteiger partial charge < -0.3 is 4.74 Å². The average Bonchev–Trinajstić information content (AvgIpc) is 2.90. The Kier molecular flexibility index (Phi) is 3.11. The summed E-state index contributed by atoms with van der Waals surface area (Å²) in [5.41, 5.74) is 1.77. The van der Waals surface area contributed by atoms with Gasteiger partial charge in [0.15, 0.2) is 0 Å². The smallest absolute Gasteiger partial charge is 0.150 e. The summed E-state index contributed by atoms with van der Waals surface area (Å²) in [7, 11) is 0. The first-order valence-electron chi connectivity index (χ1n) is 6.25. The molecule has 1 atom stereocenters. The van der Waals surface area contributed by atoms with Gasteiger partial charge in [-0.25, -0.2) is 9.07 Å². The molecule has 0 spiro atoms. The maximum absolute atomic E-state index is 12.9. The summed E-state index contributed by atoms with van der Waals surface area (Å²) in [6, 6.07) is 8.32. The van der Waals surface area contributed by atoms with Gasteiger partial charge in [-0.1, -0.05) is 0 Å². The third-order valence-corrected chi connectivity index (χ3v) is 3.20. The predicted molar refractivity (Wildman–Crippen MR) is 66.5 cm³/mol. The van der Waals surface area contributed by atoms with E-state index in [2.05, 4.69) is 5.10 Å². The van der Waals surface area contributed by atoms with Gasteiger partial charge in [0.05, 0.1) is 5.69 Å². The SMILES string of the molecule is Fc1ccc(-c2ccn(C3CCCCO3)n2)cc1. The number of aromatic nitrogens is 2. The van der Waals surface area contributed by atoms with E-state index in [1.165, 1.54) is 18.6 Å². The van der Waals surface area contributed by atoms with Crippen LogP contribution in [0, 0.1) is 5.82 Å². The van der Waals surface area contributed by atoms with Gasteiger partial charge in [-0.2, -0.15) is 5.10 Å². The van der Waals surface area contributed by atoms with E-state index in [0.29, 0.717) is 0 Å². The Balaban J connectivity index is 1.82. The Hall–Kier alpha value is -1.68. The van der Waals surface area contributed by atoms with E-state index in [1.807, 2.05) is 16.9 Å². The van der Waals surface area contributed by atoms with Crippen molar-refractivity contribution in [2.75, 3.05) is 6.61 Å². The molecule has 0 radical (unpaired) electrons. The molecule has 4 heteroatoms. The fourth-order valence-electron chi connectivity index (χ4n) is 2.21. The first-order chi connectivity index (χ1) is 8.83. The van der Waals surface area contributed by atoms with Crippen molar-refractivity contribution in [3.8, 4) is 11.3 Å². The van der Waals surface area contributed by atoms with Crippen molar-refractivity contribution in [3.63, 3.8) is 0 Å². The van der Waals surface area contributed by atoms with Crippen LogP contribution in [0.1, 0.15) is 25.5 Å². The minimum Gasteiger partial charge on any atom is -0.357 e. The number of benzene rings is 1. The number of nitrogens with zero attached hydrogens (tertiary/aromatic N) is 2. The quantitative estimate of drug-likeness (QED) is 0.812. The predicted octanol–water partition coefficient (Wildman–Crippen LogP) is 3.39. The van der Waals surface area contributed by atoms with Crippen LogP contribution in [0.25, 0.3) is 11.3 Å². The molecule has 0 saturated carbocycles. The van der Waals surface area contributed by atoms with Gasteiger partial charge >= 0.3 is 0 Å². The largest absolute Gasteiger partial charge is 0.357 e. The summed E-state index contributed by atoms with van der Waals surface area (Å²) >= 11 is 0. The third kappa shape index (κ3) is 2.29. The maximum atomic E-state index is 12.9. The second-order valence-electron chi connectivity index (χ2n) is 4.51. The highest BCUT2D eigenvalue weighted by Crippen LogP contribution is 2.24. The average molecular weight is 246 g/mol. The van der Waals surface area contributed by atoms with E-state index in [4.69, 9.17) is 4.74 Å². The van der Waals surface area contributed by atoms with Crippen LogP contribution in [-0.4, -0.2) is 16.4 Å². The fourth-order valence-corrected chi connectivity index (χ4v) is 2.21. The molecule has 3 rings (SSSR count). The Bertz CT molecular complexity index is 515. The van der Waals surface area contributed by atoms with Crippen molar-refractivity contribution in [2.45, 2.75) is 25.5 Å². The molecule has 0 amide bonds. The molecule has 0 bridgehead atoms. The summed E-state index contributed by atoms with van der Waals surface area (Å²) in [6.45, 7) is 0.802. The highest BCUT2D eigenvalue weighted by Gasteiger charge is 2.16. The summed E-state index contributed by atoms with van der Waals surface area (Å²) in [5.74, 6) is -0.228. The second kappa shape index (κ2) is 4.90. The lowest BCUT2D eigenvalue weighted by molar-refractivity contribution is -0.0393. The fraction of sp³-hybridized carbons (Fsp3) is 0.357. The maximum Gasteiger partial charge on any atom is 0.150 e. The Morgan fingerprint density at radius 2 is 2.00 bits per heavy atom. The topological polar surface area (TPSA) is 27.1 Å². The molecule has 0 aliphatic carbocycles. The van der Waals surface area contributed by atoms with Crippen LogP contribution in [0.15, 0.2) is 36.5 Å². The first kappa shape index (κ1) is 11.4. The molecule has 3 nitrogen and oxygen atoms in total. The molecule has 18 heavy (non-hydrogen) atoms. The Morgan fingerprint density at radius 3 is 2.72 bits per heavy atom. The highest BCUT2D eigenvalue weighted by molar-refractivity contribution is 5.58. The lowest BCUT2D eigenvalue weighted by atomic mass is 10.1. The molecule has 1 aromatic heterocycles. The van der Waals surface area contributed by atoms with Crippen molar-refractivity contribution in [3.05, 3.63) is 42.3 Å². The van der Waals surface area contributed by atoms with Gasteiger partial charge in [0.1, 0.15) is 12.0 Å². The van der Waals surface area contributed by atoms with Crippen LogP contribution in [0.4, 0.5) is 4.39 Å². The lowest BCUT2D eigenvalue weighted by Crippen LogP contribution is -2.18. The van der Waals surface area contributed by atoms with Gasteiger partial charge in [-0.05, 0) is 49.6 Å². The molecule has 94 valence electrons. The zero-order valence-corrected chi connectivity index (χ0v) is 10.1. The third-order valence-electron chi connectivity index (χ3n) is 3.20. The minimum atomic E-state index is -0.228. The standard InChI is InChI=1S/C14H15FN2O/c15-12-6-4-11(5-7-12)13-8-9-17(16-13)14-3-1-2-10-18-14/h4-9,14H,1-3,10H2. The van der Waals surface area contributed by atoms with Gasteiger partial charge in [0.2, 0.25) is 0 Å². The summed E-state index contributed by atoms with van der Waals surface area (Å²) in [5, 5.41) is 4.50. The summed E-state index contributed by atoms with van der Waals surface area (Å²) in [4.78, 5) is 0. The number of halogens is 1. The first-order valence-corrected chi connectivity index (χ1v) is 6.25. The van der Waals surface area contributed by atoms with Gasteiger partial charge in [-0.15, -0.1) is 0 Å². The van der Waals surface area contributed by atoms with Crippen LogP contribution in [-0.2, 0) is 4.74 Å². The molecule has 0 N–H and O–H groups in total. The zero-order valence-electron chi connectivity index (χ0n) is 10.1. The van der Waals surface area contributed by atoms with Crippen molar-refractivity contribution in [2.24, 2.45) is 0 Å². The Morgan fingerprint density at radius 1 is 1.17 bits per heavy atom.